The summed E-state index contributed by atoms with van der Waals surface area (Å²) < 4.78 is 0. The first-order valence-corrected chi connectivity index (χ1v) is 24.7. The molecule has 17 N–H and O–H groups in total. The third-order valence-electron chi connectivity index (χ3n) is 11.4. The molecule has 26 nitrogen and oxygen atoms in total. The fourth-order valence-corrected chi connectivity index (χ4v) is 7.35. The van der Waals surface area contributed by atoms with E-state index in [4.69, 9.17) is 17.2 Å². The topological polar surface area (TPSA) is 435 Å². The van der Waals surface area contributed by atoms with Crippen LogP contribution in [0.5, 0.6) is 0 Å². The van der Waals surface area contributed by atoms with Crippen LogP contribution in [0.4, 0.5) is 0 Å². The monoisotopic (exact) mass is 1070 g/mol. The zero-order valence-electron chi connectivity index (χ0n) is 43.5. The van der Waals surface area contributed by atoms with E-state index < -0.39 is 145 Å². The second-order valence-corrected chi connectivity index (χ2v) is 18.9. The van der Waals surface area contributed by atoms with Crippen molar-refractivity contribution in [3.63, 3.8) is 0 Å². The lowest BCUT2D eigenvalue weighted by Crippen LogP contribution is -2.61. The minimum Gasteiger partial charge on any atom is -0.481 e. The molecule has 0 spiro atoms. The van der Waals surface area contributed by atoms with Gasteiger partial charge in [0.2, 0.25) is 47.3 Å². The van der Waals surface area contributed by atoms with Gasteiger partial charge in [-0.25, -0.2) is 4.79 Å². The molecular formula is C50H74N12O14. The number of carboxylic acids is 3. The van der Waals surface area contributed by atoms with Crippen LogP contribution in [0.25, 0.3) is 0 Å². The SMILES string of the molecule is CC(C)C[C@H](NC(=O)[C@H](C)N)C(=O)N[C@@H](Cc1ccccc1)C(=O)N[C@@H](CC(=O)O)C(=O)N[C@@H](CCCN=C(N)N)C(=O)N[C@@H](Cc1ccccc1)C(=O)N[C@@H](C)C(=O)N[C@@H](CCC(=O)O)C(=O)N[C@H](C(=O)O)C(C)C. The lowest BCUT2D eigenvalue weighted by atomic mass is 10.0. The van der Waals surface area contributed by atoms with Crippen molar-refractivity contribution < 1.29 is 68.1 Å². The number of aliphatic carboxylic acids is 3. The number of guanidine groups is 1. The number of nitrogens with one attached hydrogen (secondary N) is 8. The summed E-state index contributed by atoms with van der Waals surface area (Å²) in [6.07, 6.45) is -2.45. The van der Waals surface area contributed by atoms with E-state index in [-0.39, 0.29) is 50.5 Å². The van der Waals surface area contributed by atoms with Crippen LogP contribution in [0.3, 0.4) is 0 Å². The van der Waals surface area contributed by atoms with Gasteiger partial charge in [-0.05, 0) is 62.5 Å². The van der Waals surface area contributed by atoms with Gasteiger partial charge in [0.15, 0.2) is 5.96 Å². The minimum atomic E-state index is -1.87. The molecule has 0 unspecified atom stereocenters. The van der Waals surface area contributed by atoms with Gasteiger partial charge in [-0.3, -0.25) is 52.9 Å². The zero-order chi connectivity index (χ0) is 57.2. The van der Waals surface area contributed by atoms with Crippen LogP contribution < -0.4 is 59.7 Å². The number of aliphatic imine (C=N–C) groups is 1. The summed E-state index contributed by atoms with van der Waals surface area (Å²) in [7, 11) is 0. The Morgan fingerprint density at radius 2 is 0.921 bits per heavy atom. The van der Waals surface area contributed by atoms with Crippen molar-refractivity contribution in [2.45, 2.75) is 147 Å². The van der Waals surface area contributed by atoms with Crippen molar-refractivity contribution in [2.24, 2.45) is 34.0 Å². The molecule has 0 aliphatic heterocycles. The smallest absolute Gasteiger partial charge is 0.326 e. The van der Waals surface area contributed by atoms with Crippen LogP contribution in [0, 0.1) is 11.8 Å². The van der Waals surface area contributed by atoms with Crippen LogP contribution in [-0.2, 0) is 65.6 Å². The number of amides is 8. The van der Waals surface area contributed by atoms with Gasteiger partial charge in [0, 0.05) is 25.8 Å². The predicted molar refractivity (Wildman–Crippen MR) is 276 cm³/mol. The second kappa shape index (κ2) is 32.2. The Bertz CT molecular complexity index is 2350. The maximum atomic E-state index is 14.3. The fourth-order valence-electron chi connectivity index (χ4n) is 7.35. The van der Waals surface area contributed by atoms with Crippen LogP contribution >= 0.6 is 0 Å². The summed E-state index contributed by atoms with van der Waals surface area (Å²) in [5.74, 6) is -12.7. The van der Waals surface area contributed by atoms with Gasteiger partial charge in [0.1, 0.15) is 48.3 Å². The van der Waals surface area contributed by atoms with Crippen LogP contribution in [-0.4, -0.2) is 147 Å². The largest absolute Gasteiger partial charge is 0.481 e. The normalized spacial score (nSPS) is 14.5. The minimum absolute atomic E-state index is 0.0299. The molecule has 418 valence electrons. The predicted octanol–water partition coefficient (Wildman–Crippen LogP) is -2.10. The molecule has 26 heteroatoms. The summed E-state index contributed by atoms with van der Waals surface area (Å²) in [5, 5.41) is 48.6. The highest BCUT2D eigenvalue weighted by molar-refractivity contribution is 5.99. The number of carbonyl (C=O) groups excluding carboxylic acids is 8. The summed E-state index contributed by atoms with van der Waals surface area (Å²) in [4.78, 5) is 149. The number of hydrogen-bond acceptors (Lipinski definition) is 13. The van der Waals surface area contributed by atoms with E-state index in [1.165, 1.54) is 27.7 Å². The number of rotatable bonds is 33. The number of nitrogens with two attached hydrogens (primary N) is 3. The first-order chi connectivity index (χ1) is 35.7. The standard InChI is InChI=1S/C50H74N12O14/c1-26(2)22-34(58-41(67)28(5)51)46(72)60-36(24-31-16-11-8-12-17-31)47(73)61-37(25-39(65)66)48(74)57-32(18-13-21-54-50(52)53)43(69)59-35(23-30-14-9-7-10-15-30)45(71)55-29(6)42(68)56-33(19-20-38(63)64)44(70)62-40(27(3)4)49(75)76/h7-12,14-17,26-29,32-37,40H,13,18-25,51H2,1-6H3,(H,55,71)(H,56,68)(H,57,74)(H,58,67)(H,59,69)(H,60,72)(H,61,73)(H,62,70)(H,63,64)(H,65,66)(H,75,76)(H4,52,53,54)/t28-,29-,32-,33-,34-,35-,36-,37-,40-/m0/s1. The lowest BCUT2D eigenvalue weighted by Gasteiger charge is -2.28. The van der Waals surface area contributed by atoms with E-state index in [1.54, 1.807) is 60.7 Å². The van der Waals surface area contributed by atoms with E-state index in [1.807, 2.05) is 13.8 Å². The summed E-state index contributed by atoms with van der Waals surface area (Å²) in [6, 6.07) is 3.82. The molecule has 0 saturated carbocycles. The van der Waals surface area contributed by atoms with E-state index in [0.717, 1.165) is 0 Å². The molecule has 2 aromatic carbocycles. The Morgan fingerprint density at radius 3 is 1.38 bits per heavy atom. The molecule has 2 aromatic rings. The van der Waals surface area contributed by atoms with E-state index in [9.17, 15) is 68.1 Å². The van der Waals surface area contributed by atoms with Crippen molar-refractivity contribution in [3.8, 4) is 0 Å². The molecule has 8 amide bonds. The molecule has 0 heterocycles. The average molecular weight is 1070 g/mol. The number of hydrogen-bond donors (Lipinski definition) is 14. The van der Waals surface area contributed by atoms with Crippen molar-refractivity contribution in [1.82, 2.24) is 42.5 Å². The van der Waals surface area contributed by atoms with Crippen LogP contribution in [0.2, 0.25) is 0 Å². The summed E-state index contributed by atoms with van der Waals surface area (Å²) in [5.41, 5.74) is 17.8. The summed E-state index contributed by atoms with van der Waals surface area (Å²) in [6.45, 7) is 9.27. The Balaban J connectivity index is 2.51. The van der Waals surface area contributed by atoms with Gasteiger partial charge < -0.3 is 75.1 Å². The fraction of sp³-hybridized carbons (Fsp3) is 0.520. The molecule has 0 aliphatic rings. The van der Waals surface area contributed by atoms with E-state index in [2.05, 4.69) is 47.5 Å². The van der Waals surface area contributed by atoms with Gasteiger partial charge in [-0.2, -0.15) is 0 Å². The van der Waals surface area contributed by atoms with E-state index in [0.29, 0.717) is 11.1 Å². The summed E-state index contributed by atoms with van der Waals surface area (Å²) >= 11 is 0. The van der Waals surface area contributed by atoms with E-state index >= 15 is 0 Å². The maximum absolute atomic E-state index is 14.3. The maximum Gasteiger partial charge on any atom is 0.326 e. The molecule has 0 bridgehead atoms. The molecule has 0 radical (unpaired) electrons. The van der Waals surface area contributed by atoms with Gasteiger partial charge in [-0.1, -0.05) is 88.4 Å². The quantitative estimate of drug-likeness (QED) is 0.0207. The van der Waals surface area contributed by atoms with Gasteiger partial charge in [0.05, 0.1) is 12.5 Å². The Labute approximate surface area is 440 Å². The molecule has 2 rings (SSSR count). The average Bonchev–Trinajstić information content (AvgIpc) is 3.34. The molecule has 9 atom stereocenters. The highest BCUT2D eigenvalue weighted by atomic mass is 16.4. The van der Waals surface area contributed by atoms with Gasteiger partial charge in [0.25, 0.3) is 0 Å². The lowest BCUT2D eigenvalue weighted by molar-refractivity contribution is -0.144. The van der Waals surface area contributed by atoms with Crippen molar-refractivity contribution in [1.29, 1.82) is 0 Å². The highest BCUT2D eigenvalue weighted by Crippen LogP contribution is 2.12. The number of nitrogens with zero attached hydrogens (tertiary/aromatic N) is 1. The Kier molecular flexibility index (Phi) is 27.1. The molecule has 0 aromatic heterocycles. The Morgan fingerprint density at radius 1 is 0.500 bits per heavy atom. The number of carboxylic acid groups (broad SMARTS) is 3. The van der Waals surface area contributed by atoms with Crippen LogP contribution in [0.15, 0.2) is 65.7 Å². The third-order valence-corrected chi connectivity index (χ3v) is 11.4. The Hall–Kier alpha value is -8.16. The van der Waals surface area contributed by atoms with Gasteiger partial charge >= 0.3 is 17.9 Å². The third kappa shape index (κ3) is 23.8. The van der Waals surface area contributed by atoms with Crippen molar-refractivity contribution in [3.05, 3.63) is 71.8 Å². The molecule has 76 heavy (non-hydrogen) atoms. The van der Waals surface area contributed by atoms with Crippen molar-refractivity contribution >= 4 is 71.1 Å². The molecule has 0 saturated heterocycles. The van der Waals surface area contributed by atoms with Crippen molar-refractivity contribution in [2.75, 3.05) is 6.54 Å². The van der Waals surface area contributed by atoms with Gasteiger partial charge in [-0.15, -0.1) is 0 Å². The molecule has 0 aliphatic carbocycles. The molecule has 0 fully saturated rings. The first-order valence-electron chi connectivity index (χ1n) is 24.7. The van der Waals surface area contributed by atoms with Crippen LogP contribution in [0.1, 0.15) is 91.2 Å². The zero-order valence-corrected chi connectivity index (χ0v) is 43.5. The first kappa shape index (κ1) is 64.0. The second-order valence-electron chi connectivity index (χ2n) is 18.9. The highest BCUT2D eigenvalue weighted by Gasteiger charge is 2.36. The molecular weight excluding hydrogens is 993 g/mol. The number of benzene rings is 2. The number of carbonyl (C=O) groups is 11.